The van der Waals surface area contributed by atoms with Crippen molar-refractivity contribution in [2.24, 2.45) is 5.92 Å². The van der Waals surface area contributed by atoms with E-state index in [9.17, 15) is 18.7 Å². The molecule has 0 spiro atoms. The van der Waals surface area contributed by atoms with Crippen LogP contribution < -0.4 is 0 Å². The number of carbonyl (C=O) groups is 1. The molecule has 1 atom stereocenters. The maximum atomic E-state index is 14.9. The van der Waals surface area contributed by atoms with Gasteiger partial charge in [-0.3, -0.25) is 0 Å². The largest absolute Gasteiger partial charge is 0.459 e. The zero-order valence-electron chi connectivity index (χ0n) is 20.6. The summed E-state index contributed by atoms with van der Waals surface area (Å²) in [5, 5.41) is 11.4. The molecule has 0 fully saturated rings. The minimum Gasteiger partial charge on any atom is -0.459 e. The van der Waals surface area contributed by atoms with Gasteiger partial charge < -0.3 is 14.4 Å². The molecule has 0 radical (unpaired) electrons. The first kappa shape index (κ1) is 25.6. The second-order valence-electron chi connectivity index (χ2n) is 9.59. The van der Waals surface area contributed by atoms with E-state index in [1.807, 2.05) is 24.3 Å². The van der Waals surface area contributed by atoms with Gasteiger partial charge in [-0.15, -0.1) is 0 Å². The lowest BCUT2D eigenvalue weighted by molar-refractivity contribution is 0.0259. The summed E-state index contributed by atoms with van der Waals surface area (Å²) in [7, 11) is 0. The maximum Gasteiger partial charge on any atom is 0.338 e. The normalized spacial score (nSPS) is 12.3. The monoisotopic (exact) mass is 491 g/mol. The van der Waals surface area contributed by atoms with Gasteiger partial charge in [-0.25, -0.2) is 13.6 Å². The van der Waals surface area contributed by atoms with Crippen LogP contribution in [0.2, 0.25) is 0 Å². The number of fused-ring (bicyclic) bond motifs is 1. The summed E-state index contributed by atoms with van der Waals surface area (Å²) < 4.78 is 36.9. The number of carbonyl (C=O) groups excluding carboxylic acids is 1. The Balaban J connectivity index is 1.50. The van der Waals surface area contributed by atoms with Crippen molar-refractivity contribution in [1.82, 2.24) is 4.57 Å². The number of benzene rings is 3. The van der Waals surface area contributed by atoms with Crippen LogP contribution in [0, 0.1) is 17.6 Å². The summed E-state index contributed by atoms with van der Waals surface area (Å²) in [6.45, 7) is 4.04. The van der Waals surface area contributed by atoms with Crippen LogP contribution in [-0.2, 0) is 24.1 Å². The van der Waals surface area contributed by atoms with Gasteiger partial charge >= 0.3 is 5.97 Å². The molecule has 4 rings (SSSR count). The Morgan fingerprint density at radius 2 is 1.67 bits per heavy atom. The van der Waals surface area contributed by atoms with Crippen LogP contribution in [0.25, 0.3) is 10.9 Å². The summed E-state index contributed by atoms with van der Waals surface area (Å²) in [6, 6.07) is 19.0. The fourth-order valence-corrected chi connectivity index (χ4v) is 4.34. The Morgan fingerprint density at radius 3 is 2.36 bits per heavy atom. The van der Waals surface area contributed by atoms with Crippen LogP contribution in [0.4, 0.5) is 8.78 Å². The van der Waals surface area contributed by atoms with Crippen molar-refractivity contribution in [2.75, 3.05) is 6.61 Å². The van der Waals surface area contributed by atoms with Crippen molar-refractivity contribution in [3.8, 4) is 0 Å². The van der Waals surface area contributed by atoms with Gasteiger partial charge in [0.05, 0.1) is 18.2 Å². The smallest absolute Gasteiger partial charge is 0.338 e. The number of nitrogens with zero attached hydrogens (tertiary/aromatic N) is 1. The van der Waals surface area contributed by atoms with Crippen molar-refractivity contribution < 1.29 is 23.4 Å². The molecule has 6 heteroatoms. The molecular weight excluding hydrogens is 460 g/mol. The number of ether oxygens (including phenoxy) is 1. The van der Waals surface area contributed by atoms with E-state index in [-0.39, 0.29) is 25.1 Å². The van der Waals surface area contributed by atoms with Gasteiger partial charge in [0.1, 0.15) is 18.2 Å². The highest BCUT2D eigenvalue weighted by molar-refractivity contribution is 5.89. The third-order valence-corrected chi connectivity index (χ3v) is 6.28. The predicted molar refractivity (Wildman–Crippen MR) is 137 cm³/mol. The maximum absolute atomic E-state index is 14.9. The molecular formula is C30H31F2NO3. The van der Waals surface area contributed by atoms with Gasteiger partial charge in [0.2, 0.25) is 0 Å². The van der Waals surface area contributed by atoms with Crippen molar-refractivity contribution in [3.63, 3.8) is 0 Å². The minimum absolute atomic E-state index is 0.00735. The molecule has 1 heterocycles. The average molecular weight is 492 g/mol. The van der Waals surface area contributed by atoms with E-state index in [2.05, 4.69) is 13.8 Å². The second kappa shape index (κ2) is 11.5. The van der Waals surface area contributed by atoms with E-state index in [1.54, 1.807) is 41.1 Å². The Labute approximate surface area is 210 Å². The van der Waals surface area contributed by atoms with Gasteiger partial charge in [-0.2, -0.15) is 0 Å². The molecule has 1 N–H and O–H groups in total. The molecule has 0 aliphatic heterocycles. The number of esters is 1. The summed E-state index contributed by atoms with van der Waals surface area (Å²) in [5.41, 5.74) is 2.70. The van der Waals surface area contributed by atoms with Crippen LogP contribution in [-0.4, -0.2) is 28.4 Å². The van der Waals surface area contributed by atoms with Gasteiger partial charge in [0.15, 0.2) is 0 Å². The zero-order valence-corrected chi connectivity index (χ0v) is 20.6. The summed E-state index contributed by atoms with van der Waals surface area (Å²) in [6.07, 6.45) is 2.61. The minimum atomic E-state index is -0.925. The van der Waals surface area contributed by atoms with E-state index in [4.69, 9.17) is 4.74 Å². The molecule has 0 aliphatic carbocycles. The van der Waals surface area contributed by atoms with Crippen molar-refractivity contribution in [1.29, 1.82) is 0 Å². The Bertz CT molecular complexity index is 1310. The molecule has 4 nitrogen and oxygen atoms in total. The molecule has 4 aromatic rings. The Hall–Kier alpha value is -3.51. The van der Waals surface area contributed by atoms with Gasteiger partial charge in [0, 0.05) is 29.1 Å². The molecule has 1 aromatic heterocycles. The van der Waals surface area contributed by atoms with Crippen LogP contribution in [0.15, 0.2) is 72.9 Å². The number of aromatic nitrogens is 1. The predicted octanol–water partition coefficient (Wildman–Crippen LogP) is 6.32. The van der Waals surface area contributed by atoms with Crippen molar-refractivity contribution >= 4 is 16.9 Å². The van der Waals surface area contributed by atoms with E-state index in [0.717, 1.165) is 22.9 Å². The number of rotatable bonds is 10. The lowest BCUT2D eigenvalue weighted by Crippen LogP contribution is -2.21. The lowest BCUT2D eigenvalue weighted by Gasteiger charge is -2.11. The fraction of sp³-hybridized carbons (Fsp3) is 0.300. The third-order valence-electron chi connectivity index (χ3n) is 6.28. The van der Waals surface area contributed by atoms with Gasteiger partial charge in [-0.05, 0) is 60.2 Å². The van der Waals surface area contributed by atoms with Gasteiger partial charge in [0.25, 0.3) is 0 Å². The first-order chi connectivity index (χ1) is 17.3. The number of hydrogen-bond donors (Lipinski definition) is 1. The Morgan fingerprint density at radius 1 is 1.00 bits per heavy atom. The zero-order chi connectivity index (χ0) is 25.7. The molecule has 0 bridgehead atoms. The van der Waals surface area contributed by atoms with E-state index < -0.39 is 23.7 Å². The molecule has 3 aromatic carbocycles. The first-order valence-corrected chi connectivity index (χ1v) is 12.3. The average Bonchev–Trinajstić information content (AvgIpc) is 3.21. The van der Waals surface area contributed by atoms with Crippen LogP contribution in [0.3, 0.4) is 0 Å². The van der Waals surface area contributed by atoms with E-state index >= 15 is 0 Å². The molecule has 0 saturated heterocycles. The van der Waals surface area contributed by atoms with Crippen LogP contribution in [0.1, 0.15) is 47.3 Å². The molecule has 1 unspecified atom stereocenters. The second-order valence-corrected chi connectivity index (χ2v) is 9.59. The molecule has 188 valence electrons. The molecule has 0 amide bonds. The molecule has 36 heavy (non-hydrogen) atoms. The van der Waals surface area contributed by atoms with E-state index in [0.29, 0.717) is 23.5 Å². The Kier molecular flexibility index (Phi) is 8.16. The molecule has 0 aliphatic rings. The summed E-state index contributed by atoms with van der Waals surface area (Å²) >= 11 is 0. The summed E-state index contributed by atoms with van der Waals surface area (Å²) in [5.74, 6) is -1.15. The van der Waals surface area contributed by atoms with E-state index in [1.165, 1.54) is 12.1 Å². The SMILES string of the molecule is CC(C)CCc1cc(F)c(Cn2cc(CC(O)COC(=O)c3ccccc3)c3ccccc32)c(F)c1. The number of para-hydroxylation sites is 1. The number of aliphatic hydroxyl groups is 1. The highest BCUT2D eigenvalue weighted by Crippen LogP contribution is 2.26. The number of hydrogen-bond acceptors (Lipinski definition) is 3. The van der Waals surface area contributed by atoms with Crippen LogP contribution in [0.5, 0.6) is 0 Å². The number of halogens is 2. The number of aryl methyl sites for hydroxylation is 1. The lowest BCUT2D eigenvalue weighted by atomic mass is 10.0. The topological polar surface area (TPSA) is 51.5 Å². The highest BCUT2D eigenvalue weighted by atomic mass is 19.1. The standard InChI is InChI=1S/C30H31F2NO3/c1-20(2)12-13-21-14-27(31)26(28(32)15-21)18-33-17-23(25-10-6-7-11-29(25)33)16-24(34)19-36-30(35)22-8-4-3-5-9-22/h3-11,14-15,17,20,24,34H,12-13,16,18-19H2,1-2H3. The fourth-order valence-electron chi connectivity index (χ4n) is 4.34. The first-order valence-electron chi connectivity index (χ1n) is 12.3. The quantitative estimate of drug-likeness (QED) is 0.264. The summed E-state index contributed by atoms with van der Waals surface area (Å²) in [4.78, 5) is 12.2. The highest BCUT2D eigenvalue weighted by Gasteiger charge is 2.18. The van der Waals surface area contributed by atoms with Crippen molar-refractivity contribution in [2.45, 2.75) is 45.8 Å². The molecule has 0 saturated carbocycles. The van der Waals surface area contributed by atoms with Crippen LogP contribution >= 0.6 is 0 Å². The van der Waals surface area contributed by atoms with Crippen molar-refractivity contribution in [3.05, 3.63) is 107 Å². The third kappa shape index (κ3) is 6.18. The van der Waals surface area contributed by atoms with Gasteiger partial charge in [-0.1, -0.05) is 50.2 Å². The number of aliphatic hydroxyl groups excluding tert-OH is 1.